The first-order valence-electron chi connectivity index (χ1n) is 6.14. The quantitative estimate of drug-likeness (QED) is 0.872. The van der Waals surface area contributed by atoms with Gasteiger partial charge in [0.25, 0.3) is 0 Å². The monoisotopic (exact) mass is 254 g/mol. The molecule has 1 spiro atoms. The zero-order valence-corrected chi connectivity index (χ0v) is 10.9. The Hall–Kier alpha value is -0.720. The lowest BCUT2D eigenvalue weighted by Crippen LogP contribution is -2.45. The van der Waals surface area contributed by atoms with Crippen LogP contribution in [0.15, 0.2) is 0 Å². The van der Waals surface area contributed by atoms with E-state index in [0.717, 1.165) is 30.6 Å². The van der Waals surface area contributed by atoms with Crippen molar-refractivity contribution < 1.29 is 4.74 Å². The average Bonchev–Trinajstić information content (AvgIpc) is 3.03. The van der Waals surface area contributed by atoms with Gasteiger partial charge in [0, 0.05) is 31.7 Å². The summed E-state index contributed by atoms with van der Waals surface area (Å²) in [7, 11) is 1.68. The molecule has 0 bridgehead atoms. The van der Waals surface area contributed by atoms with E-state index in [1.165, 1.54) is 30.8 Å². The van der Waals surface area contributed by atoms with E-state index in [-0.39, 0.29) is 0 Å². The van der Waals surface area contributed by atoms with Gasteiger partial charge < -0.3 is 15.0 Å². The predicted molar refractivity (Wildman–Crippen MR) is 67.4 cm³/mol. The van der Waals surface area contributed by atoms with Crippen LogP contribution in [-0.4, -0.2) is 41.6 Å². The zero-order chi connectivity index (χ0) is 11.7. The Labute approximate surface area is 105 Å². The van der Waals surface area contributed by atoms with Gasteiger partial charge in [-0.1, -0.05) is 0 Å². The number of hydrogen-bond acceptors (Lipinski definition) is 6. The van der Waals surface area contributed by atoms with E-state index in [9.17, 15) is 0 Å². The largest absolute Gasteiger partial charge is 0.377 e. The number of hydrogen-bond donors (Lipinski definition) is 1. The van der Waals surface area contributed by atoms with Crippen molar-refractivity contribution >= 4 is 16.7 Å². The third-order valence-electron chi connectivity index (χ3n) is 3.78. The van der Waals surface area contributed by atoms with Crippen LogP contribution in [0, 0.1) is 0 Å². The molecule has 1 atom stereocenters. The number of anilines is 1. The maximum absolute atomic E-state index is 5.07. The Bertz CT molecular complexity index is 383. The summed E-state index contributed by atoms with van der Waals surface area (Å²) in [4.78, 5) is 7.04. The molecule has 1 aromatic heterocycles. The van der Waals surface area contributed by atoms with E-state index in [2.05, 4.69) is 19.6 Å². The van der Waals surface area contributed by atoms with Crippen molar-refractivity contribution in [2.24, 2.45) is 0 Å². The van der Waals surface area contributed by atoms with E-state index >= 15 is 0 Å². The van der Waals surface area contributed by atoms with E-state index in [4.69, 9.17) is 4.74 Å². The molecular weight excluding hydrogens is 236 g/mol. The maximum atomic E-state index is 5.07. The van der Waals surface area contributed by atoms with Crippen molar-refractivity contribution in [3.8, 4) is 0 Å². The van der Waals surface area contributed by atoms with Crippen LogP contribution in [0.3, 0.4) is 0 Å². The number of aromatic nitrogens is 2. The van der Waals surface area contributed by atoms with Gasteiger partial charge in [-0.25, -0.2) is 4.98 Å². The highest BCUT2D eigenvalue weighted by Crippen LogP contribution is 2.38. The molecule has 2 aliphatic rings. The van der Waals surface area contributed by atoms with Crippen molar-refractivity contribution in [2.75, 3.05) is 31.6 Å². The fraction of sp³-hybridized carbons (Fsp3) is 0.818. The standard InChI is InChI=1S/C11H18N4OS/c1-16-7-9-13-10(17-14-9)15-6-2-3-11(15)4-5-12-8-11/h12H,2-8H2,1H3. The number of methoxy groups -OCH3 is 1. The first kappa shape index (κ1) is 11.4. The second-order valence-electron chi connectivity index (χ2n) is 4.83. The summed E-state index contributed by atoms with van der Waals surface area (Å²) in [6, 6.07) is 0. The highest BCUT2D eigenvalue weighted by molar-refractivity contribution is 7.09. The van der Waals surface area contributed by atoms with Crippen molar-refractivity contribution in [3.05, 3.63) is 5.82 Å². The SMILES string of the molecule is COCc1nsc(N2CCCC23CCNC3)n1. The average molecular weight is 254 g/mol. The summed E-state index contributed by atoms with van der Waals surface area (Å²) in [6.07, 6.45) is 3.77. The first-order valence-corrected chi connectivity index (χ1v) is 6.91. The summed E-state index contributed by atoms with van der Waals surface area (Å²) in [5.41, 5.74) is 0.309. The molecule has 0 amide bonds. The smallest absolute Gasteiger partial charge is 0.205 e. The van der Waals surface area contributed by atoms with E-state index < -0.39 is 0 Å². The topological polar surface area (TPSA) is 50.3 Å². The lowest BCUT2D eigenvalue weighted by molar-refractivity contribution is 0.179. The number of rotatable bonds is 3. The molecule has 3 rings (SSSR count). The molecule has 2 fully saturated rings. The molecule has 2 aliphatic heterocycles. The van der Waals surface area contributed by atoms with Crippen molar-refractivity contribution in [1.82, 2.24) is 14.7 Å². The van der Waals surface area contributed by atoms with Crippen LogP contribution >= 0.6 is 11.5 Å². The van der Waals surface area contributed by atoms with Crippen LogP contribution in [0.4, 0.5) is 5.13 Å². The zero-order valence-electron chi connectivity index (χ0n) is 10.1. The summed E-state index contributed by atoms with van der Waals surface area (Å²) >= 11 is 1.50. The molecule has 1 N–H and O–H groups in total. The van der Waals surface area contributed by atoms with Crippen LogP contribution in [0.5, 0.6) is 0 Å². The van der Waals surface area contributed by atoms with Gasteiger partial charge in [0.15, 0.2) is 5.82 Å². The lowest BCUT2D eigenvalue weighted by Gasteiger charge is -2.33. The molecule has 5 nitrogen and oxygen atoms in total. The molecule has 1 aromatic rings. The normalized spacial score (nSPS) is 28.4. The fourth-order valence-corrected chi connectivity index (χ4v) is 3.76. The van der Waals surface area contributed by atoms with Crippen LogP contribution < -0.4 is 10.2 Å². The maximum Gasteiger partial charge on any atom is 0.205 e. The van der Waals surface area contributed by atoms with Gasteiger partial charge in [0.2, 0.25) is 5.13 Å². The fourth-order valence-electron chi connectivity index (χ4n) is 2.95. The van der Waals surface area contributed by atoms with E-state index in [0.29, 0.717) is 12.1 Å². The Balaban J connectivity index is 1.82. The van der Waals surface area contributed by atoms with Gasteiger partial charge in [0.1, 0.15) is 6.61 Å². The van der Waals surface area contributed by atoms with E-state index in [1.807, 2.05) is 0 Å². The summed E-state index contributed by atoms with van der Waals surface area (Å²) in [6.45, 7) is 3.84. The highest BCUT2D eigenvalue weighted by Gasteiger charge is 2.44. The molecule has 0 aromatic carbocycles. The number of ether oxygens (including phenoxy) is 1. The molecule has 0 radical (unpaired) electrons. The number of nitrogens with one attached hydrogen (secondary N) is 1. The van der Waals surface area contributed by atoms with Gasteiger partial charge in [-0.3, -0.25) is 0 Å². The number of nitrogens with zero attached hydrogens (tertiary/aromatic N) is 3. The minimum absolute atomic E-state index is 0.309. The predicted octanol–water partition coefficient (Wildman–Crippen LogP) is 1.02. The second kappa shape index (κ2) is 4.51. The molecule has 1 unspecified atom stereocenters. The minimum atomic E-state index is 0.309. The van der Waals surface area contributed by atoms with Gasteiger partial charge in [-0.2, -0.15) is 4.37 Å². The van der Waals surface area contributed by atoms with Gasteiger partial charge >= 0.3 is 0 Å². The molecule has 0 aliphatic carbocycles. The Morgan fingerprint density at radius 3 is 3.24 bits per heavy atom. The van der Waals surface area contributed by atoms with Crippen molar-refractivity contribution in [3.63, 3.8) is 0 Å². The Kier molecular flexibility index (Phi) is 3.02. The van der Waals surface area contributed by atoms with Crippen molar-refractivity contribution in [2.45, 2.75) is 31.4 Å². The van der Waals surface area contributed by atoms with Crippen LogP contribution in [-0.2, 0) is 11.3 Å². The minimum Gasteiger partial charge on any atom is -0.377 e. The summed E-state index contributed by atoms with van der Waals surface area (Å²) in [5, 5.41) is 4.54. The van der Waals surface area contributed by atoms with Gasteiger partial charge in [0.05, 0.1) is 5.54 Å². The molecular formula is C11H18N4OS. The van der Waals surface area contributed by atoms with Gasteiger partial charge in [-0.15, -0.1) is 0 Å². The summed E-state index contributed by atoms with van der Waals surface area (Å²) in [5.74, 6) is 0.806. The molecule has 0 saturated carbocycles. The molecule has 94 valence electrons. The van der Waals surface area contributed by atoms with Crippen molar-refractivity contribution in [1.29, 1.82) is 0 Å². The third-order valence-corrected chi connectivity index (χ3v) is 4.56. The lowest BCUT2D eigenvalue weighted by atomic mass is 9.96. The van der Waals surface area contributed by atoms with E-state index in [1.54, 1.807) is 7.11 Å². The second-order valence-corrected chi connectivity index (χ2v) is 5.56. The Morgan fingerprint density at radius 2 is 2.47 bits per heavy atom. The Morgan fingerprint density at radius 1 is 1.53 bits per heavy atom. The molecule has 6 heteroatoms. The molecule has 17 heavy (non-hydrogen) atoms. The van der Waals surface area contributed by atoms with Crippen LogP contribution in [0.1, 0.15) is 25.1 Å². The molecule has 3 heterocycles. The van der Waals surface area contributed by atoms with Crippen LogP contribution in [0.25, 0.3) is 0 Å². The first-order chi connectivity index (χ1) is 8.34. The van der Waals surface area contributed by atoms with Gasteiger partial charge in [-0.05, 0) is 25.8 Å². The third kappa shape index (κ3) is 1.94. The molecule has 2 saturated heterocycles. The highest BCUT2D eigenvalue weighted by atomic mass is 32.1. The van der Waals surface area contributed by atoms with Crippen LogP contribution in [0.2, 0.25) is 0 Å². The summed E-state index contributed by atoms with van der Waals surface area (Å²) < 4.78 is 9.42.